The topological polar surface area (TPSA) is 29.5 Å². The van der Waals surface area contributed by atoms with Crippen LogP contribution in [0.5, 0.6) is 5.75 Å². The van der Waals surface area contributed by atoms with Gasteiger partial charge in [-0.3, -0.25) is 0 Å². The molecule has 0 saturated heterocycles. The van der Waals surface area contributed by atoms with Crippen LogP contribution < -0.4 is 4.74 Å². The van der Waals surface area contributed by atoms with Crippen LogP contribution in [0.4, 0.5) is 0 Å². The summed E-state index contributed by atoms with van der Waals surface area (Å²) in [5, 5.41) is 9.92. The van der Waals surface area contributed by atoms with Crippen molar-refractivity contribution >= 4 is 11.8 Å². The van der Waals surface area contributed by atoms with Crippen LogP contribution in [0, 0.1) is 0 Å². The summed E-state index contributed by atoms with van der Waals surface area (Å²) in [6.07, 6.45) is 4.65. The molecule has 1 aliphatic carbocycles. The highest BCUT2D eigenvalue weighted by Gasteiger charge is 2.40. The Bertz CT molecular complexity index is 359. The molecular formula is C12H16O2S. The number of thioether (sulfide) groups is 1. The molecule has 0 aliphatic heterocycles. The molecule has 0 amide bonds. The molecule has 0 atom stereocenters. The number of aliphatic hydroxyl groups is 1. The zero-order valence-corrected chi connectivity index (χ0v) is 9.93. The highest BCUT2D eigenvalue weighted by atomic mass is 32.2. The Morgan fingerprint density at radius 2 is 2.20 bits per heavy atom. The van der Waals surface area contributed by atoms with Crippen molar-refractivity contribution in [2.75, 3.05) is 13.4 Å². The quantitative estimate of drug-likeness (QED) is 0.797. The van der Waals surface area contributed by atoms with E-state index < -0.39 is 5.60 Å². The van der Waals surface area contributed by atoms with Crippen LogP contribution >= 0.6 is 11.8 Å². The van der Waals surface area contributed by atoms with Crippen LogP contribution in [0.15, 0.2) is 23.1 Å². The molecule has 1 aromatic carbocycles. The lowest BCUT2D eigenvalue weighted by atomic mass is 10.1. The van der Waals surface area contributed by atoms with Gasteiger partial charge in [-0.05, 0) is 30.7 Å². The van der Waals surface area contributed by atoms with E-state index in [4.69, 9.17) is 4.74 Å². The first kappa shape index (κ1) is 10.8. The Kier molecular flexibility index (Phi) is 2.94. The standard InChI is InChI=1S/C12H16O2S/c1-14-10-5-3-4-9(11(10)15-2)8-12(13)6-7-12/h3-5,13H,6-8H2,1-2H3. The molecule has 0 unspecified atom stereocenters. The van der Waals surface area contributed by atoms with Gasteiger partial charge in [-0.25, -0.2) is 0 Å². The van der Waals surface area contributed by atoms with E-state index in [1.54, 1.807) is 18.9 Å². The summed E-state index contributed by atoms with van der Waals surface area (Å²) < 4.78 is 5.31. The smallest absolute Gasteiger partial charge is 0.132 e. The van der Waals surface area contributed by atoms with Gasteiger partial charge in [0, 0.05) is 6.42 Å². The first-order chi connectivity index (χ1) is 7.18. The van der Waals surface area contributed by atoms with Crippen molar-refractivity contribution in [2.45, 2.75) is 29.8 Å². The lowest BCUT2D eigenvalue weighted by Gasteiger charge is -2.14. The molecule has 15 heavy (non-hydrogen) atoms. The van der Waals surface area contributed by atoms with Crippen molar-refractivity contribution in [1.82, 2.24) is 0 Å². The van der Waals surface area contributed by atoms with Crippen molar-refractivity contribution in [2.24, 2.45) is 0 Å². The van der Waals surface area contributed by atoms with Gasteiger partial charge in [-0.2, -0.15) is 0 Å². The molecule has 0 spiro atoms. The number of ether oxygens (including phenoxy) is 1. The summed E-state index contributed by atoms with van der Waals surface area (Å²) >= 11 is 1.68. The maximum atomic E-state index is 9.92. The Morgan fingerprint density at radius 1 is 1.47 bits per heavy atom. The maximum Gasteiger partial charge on any atom is 0.132 e. The summed E-state index contributed by atoms with van der Waals surface area (Å²) in [6, 6.07) is 6.02. The van der Waals surface area contributed by atoms with Crippen molar-refractivity contribution in [3.8, 4) is 5.75 Å². The second-order valence-electron chi connectivity index (χ2n) is 4.05. The molecule has 0 heterocycles. The number of hydrogen-bond donors (Lipinski definition) is 1. The van der Waals surface area contributed by atoms with Crippen LogP contribution in [-0.2, 0) is 6.42 Å². The van der Waals surface area contributed by atoms with Crippen LogP contribution in [0.3, 0.4) is 0 Å². The van der Waals surface area contributed by atoms with Crippen molar-refractivity contribution < 1.29 is 9.84 Å². The van der Waals surface area contributed by atoms with E-state index in [2.05, 4.69) is 6.07 Å². The summed E-state index contributed by atoms with van der Waals surface area (Å²) in [6.45, 7) is 0. The summed E-state index contributed by atoms with van der Waals surface area (Å²) in [4.78, 5) is 1.15. The van der Waals surface area contributed by atoms with E-state index in [-0.39, 0.29) is 0 Å². The lowest BCUT2D eigenvalue weighted by molar-refractivity contribution is 0.150. The van der Waals surface area contributed by atoms with E-state index in [0.29, 0.717) is 0 Å². The van der Waals surface area contributed by atoms with Gasteiger partial charge < -0.3 is 9.84 Å². The van der Waals surface area contributed by atoms with Gasteiger partial charge in [0.2, 0.25) is 0 Å². The Balaban J connectivity index is 2.28. The molecular weight excluding hydrogens is 208 g/mol. The molecule has 1 aromatic rings. The SMILES string of the molecule is COc1cccc(CC2(O)CC2)c1SC. The summed E-state index contributed by atoms with van der Waals surface area (Å²) in [7, 11) is 1.69. The zero-order valence-electron chi connectivity index (χ0n) is 9.12. The number of methoxy groups -OCH3 is 1. The predicted octanol–water partition coefficient (Wildman–Crippen LogP) is 2.48. The second kappa shape index (κ2) is 4.06. The second-order valence-corrected chi connectivity index (χ2v) is 4.87. The molecule has 1 fully saturated rings. The number of rotatable bonds is 4. The molecule has 0 aromatic heterocycles. The van der Waals surface area contributed by atoms with E-state index >= 15 is 0 Å². The Hall–Kier alpha value is -0.670. The Labute approximate surface area is 94.6 Å². The zero-order chi connectivity index (χ0) is 10.9. The molecule has 2 rings (SSSR count). The first-order valence-electron chi connectivity index (χ1n) is 5.11. The summed E-state index contributed by atoms with van der Waals surface area (Å²) in [5.41, 5.74) is 0.762. The minimum Gasteiger partial charge on any atom is -0.496 e. The molecule has 1 N–H and O–H groups in total. The highest BCUT2D eigenvalue weighted by molar-refractivity contribution is 7.98. The minimum absolute atomic E-state index is 0.434. The minimum atomic E-state index is -0.434. The third-order valence-corrected chi connectivity index (χ3v) is 3.70. The predicted molar refractivity (Wildman–Crippen MR) is 62.7 cm³/mol. The fourth-order valence-electron chi connectivity index (χ4n) is 1.77. The van der Waals surface area contributed by atoms with Gasteiger partial charge in [0.25, 0.3) is 0 Å². The van der Waals surface area contributed by atoms with Gasteiger partial charge in [-0.1, -0.05) is 12.1 Å². The third-order valence-electron chi connectivity index (χ3n) is 2.83. The van der Waals surface area contributed by atoms with Gasteiger partial charge in [0.15, 0.2) is 0 Å². The fourth-order valence-corrected chi connectivity index (χ4v) is 2.52. The fraction of sp³-hybridized carbons (Fsp3) is 0.500. The van der Waals surface area contributed by atoms with E-state index in [9.17, 15) is 5.11 Å². The van der Waals surface area contributed by atoms with Gasteiger partial charge >= 0.3 is 0 Å². The van der Waals surface area contributed by atoms with Gasteiger partial charge in [0.05, 0.1) is 17.6 Å². The normalized spacial score (nSPS) is 17.5. The van der Waals surface area contributed by atoms with Crippen LogP contribution in [0.2, 0.25) is 0 Å². The number of hydrogen-bond acceptors (Lipinski definition) is 3. The average molecular weight is 224 g/mol. The first-order valence-corrected chi connectivity index (χ1v) is 6.33. The van der Waals surface area contributed by atoms with Crippen molar-refractivity contribution in [3.05, 3.63) is 23.8 Å². The molecule has 0 bridgehead atoms. The molecule has 1 aliphatic rings. The monoisotopic (exact) mass is 224 g/mol. The third kappa shape index (κ3) is 2.29. The van der Waals surface area contributed by atoms with Crippen LogP contribution in [0.25, 0.3) is 0 Å². The maximum absolute atomic E-state index is 9.92. The molecule has 82 valence electrons. The average Bonchev–Trinajstić information content (AvgIpc) is 2.95. The number of benzene rings is 1. The van der Waals surface area contributed by atoms with E-state index in [1.807, 2.05) is 18.4 Å². The molecule has 2 nitrogen and oxygen atoms in total. The van der Waals surface area contributed by atoms with Crippen molar-refractivity contribution in [1.29, 1.82) is 0 Å². The van der Waals surface area contributed by atoms with Gasteiger partial charge in [-0.15, -0.1) is 11.8 Å². The lowest BCUT2D eigenvalue weighted by Crippen LogP contribution is -2.11. The largest absolute Gasteiger partial charge is 0.496 e. The van der Waals surface area contributed by atoms with Gasteiger partial charge in [0.1, 0.15) is 5.75 Å². The van der Waals surface area contributed by atoms with E-state index in [1.165, 1.54) is 5.56 Å². The van der Waals surface area contributed by atoms with Crippen LogP contribution in [-0.4, -0.2) is 24.1 Å². The van der Waals surface area contributed by atoms with Crippen molar-refractivity contribution in [3.63, 3.8) is 0 Å². The van der Waals surface area contributed by atoms with Crippen LogP contribution in [0.1, 0.15) is 18.4 Å². The molecule has 3 heteroatoms. The Morgan fingerprint density at radius 3 is 2.73 bits per heavy atom. The van der Waals surface area contributed by atoms with E-state index in [0.717, 1.165) is 29.9 Å². The highest BCUT2D eigenvalue weighted by Crippen LogP contribution is 2.41. The molecule has 0 radical (unpaired) electrons. The molecule has 1 saturated carbocycles. The summed E-state index contributed by atoms with van der Waals surface area (Å²) in [5.74, 6) is 0.907.